The number of carbonyl (C=O) groups is 1. The van der Waals surface area contributed by atoms with Crippen LogP contribution < -0.4 is 10.6 Å². The molecule has 0 aromatic heterocycles. The number of nitrogens with one attached hydrogen (secondary N) is 2. The number of phosphoric acid groups is 1. The second-order valence-corrected chi connectivity index (χ2v) is 11.4. The van der Waals surface area contributed by atoms with E-state index >= 15 is 0 Å². The zero-order valence-electron chi connectivity index (χ0n) is 18.7. The normalized spacial score (nSPS) is 35.5. The monoisotopic (exact) mass is 534 g/mol. The average molecular weight is 535 g/mol. The van der Waals surface area contributed by atoms with Gasteiger partial charge in [-0.15, -0.1) is 23.4 Å². The number of ether oxygens (including phenoxy) is 1. The third-order valence-corrected chi connectivity index (χ3v) is 7.76. The molecule has 1 amide bonds. The van der Waals surface area contributed by atoms with Gasteiger partial charge in [0, 0.05) is 6.61 Å². The number of amides is 1. The molecule has 0 bridgehead atoms. The minimum atomic E-state index is -4.95. The van der Waals surface area contributed by atoms with Crippen LogP contribution in [0.3, 0.4) is 0 Å². The molecule has 194 valence electrons. The molecule has 11 nitrogen and oxygen atoms in total. The first-order valence-corrected chi connectivity index (χ1v) is 14.3. The van der Waals surface area contributed by atoms with E-state index < -0.39 is 55.1 Å². The molecule has 9 atom stereocenters. The van der Waals surface area contributed by atoms with Gasteiger partial charge >= 0.3 is 7.82 Å². The van der Waals surface area contributed by atoms with Crippen LogP contribution in [0, 0.1) is 5.92 Å². The van der Waals surface area contributed by atoms with E-state index in [0.717, 1.165) is 37.4 Å². The minimum absolute atomic E-state index is 0.149. The van der Waals surface area contributed by atoms with Crippen LogP contribution in [-0.2, 0) is 18.6 Å². The van der Waals surface area contributed by atoms with Crippen LogP contribution in [0.2, 0.25) is 0 Å². The second-order valence-electron chi connectivity index (χ2n) is 8.56. The first kappa shape index (κ1) is 29.3. The quantitative estimate of drug-likeness (QED) is 0.147. The number of hydrogen-bond donors (Lipinski definition) is 7. The van der Waals surface area contributed by atoms with Crippen LogP contribution in [0.1, 0.15) is 39.0 Å². The van der Waals surface area contributed by atoms with E-state index in [2.05, 4.69) is 15.2 Å². The number of phosphoric ester groups is 1. The Kier molecular flexibility index (Phi) is 11.8. The number of alkyl halides is 1. The Labute approximate surface area is 203 Å². The molecule has 2 aliphatic rings. The van der Waals surface area contributed by atoms with Gasteiger partial charge in [-0.1, -0.05) is 0 Å². The molecule has 0 aromatic rings. The van der Waals surface area contributed by atoms with E-state index in [0.29, 0.717) is 18.9 Å². The number of hydrogen-bond acceptors (Lipinski definition) is 9. The Morgan fingerprint density at radius 2 is 2.00 bits per heavy atom. The lowest BCUT2D eigenvalue weighted by Crippen LogP contribution is -2.65. The van der Waals surface area contributed by atoms with E-state index in [9.17, 15) is 19.6 Å². The Bertz CT molecular complexity index is 671. The first-order valence-electron chi connectivity index (χ1n) is 11.1. The topological polar surface area (TPSA) is 178 Å². The number of aliphatic hydroxyl groups excluding tert-OH is 3. The summed E-state index contributed by atoms with van der Waals surface area (Å²) in [5, 5.41) is 35.6. The minimum Gasteiger partial charge on any atom is -0.396 e. The molecule has 0 radical (unpaired) electrons. The van der Waals surface area contributed by atoms with Crippen LogP contribution >= 0.6 is 31.2 Å². The maximum absolute atomic E-state index is 13.0. The van der Waals surface area contributed by atoms with Gasteiger partial charge in [0.25, 0.3) is 0 Å². The number of thioether (sulfide) groups is 1. The highest BCUT2D eigenvalue weighted by Gasteiger charge is 2.51. The van der Waals surface area contributed by atoms with Gasteiger partial charge < -0.3 is 40.5 Å². The Hall–Kier alpha value is 0.0200. The zero-order valence-corrected chi connectivity index (χ0v) is 21.2. The lowest BCUT2D eigenvalue weighted by molar-refractivity contribution is -0.201. The number of halogens is 1. The van der Waals surface area contributed by atoms with Crippen LogP contribution in [0.15, 0.2) is 0 Å². The molecular formula is C19H36ClN2O9PS. The second kappa shape index (κ2) is 13.4. The summed E-state index contributed by atoms with van der Waals surface area (Å²) >= 11 is 7.37. The van der Waals surface area contributed by atoms with Gasteiger partial charge in [-0.2, -0.15) is 0 Å². The Morgan fingerprint density at radius 3 is 2.58 bits per heavy atom. The van der Waals surface area contributed by atoms with Gasteiger partial charge in [0.1, 0.15) is 29.9 Å². The highest BCUT2D eigenvalue weighted by molar-refractivity contribution is 7.99. The van der Waals surface area contributed by atoms with Crippen molar-refractivity contribution in [3.05, 3.63) is 0 Å². The molecule has 14 heteroatoms. The van der Waals surface area contributed by atoms with E-state index in [1.54, 1.807) is 13.2 Å². The van der Waals surface area contributed by atoms with Gasteiger partial charge in [0.2, 0.25) is 5.91 Å². The molecule has 7 N–H and O–H groups in total. The molecular weight excluding hydrogens is 499 g/mol. The fraction of sp³-hybridized carbons (Fsp3) is 0.947. The Morgan fingerprint density at radius 1 is 1.30 bits per heavy atom. The molecule has 9 unspecified atom stereocenters. The van der Waals surface area contributed by atoms with Crippen molar-refractivity contribution >= 4 is 37.1 Å². The van der Waals surface area contributed by atoms with E-state index in [4.69, 9.17) is 31.2 Å². The average Bonchev–Trinajstić information content (AvgIpc) is 2.99. The number of rotatable bonds is 10. The predicted molar refractivity (Wildman–Crippen MR) is 124 cm³/mol. The lowest BCUT2D eigenvalue weighted by atomic mass is 9.92. The molecule has 2 saturated heterocycles. The van der Waals surface area contributed by atoms with Crippen LogP contribution in [-0.4, -0.2) is 97.7 Å². The van der Waals surface area contributed by atoms with Gasteiger partial charge in [-0.3, -0.25) is 9.32 Å². The maximum atomic E-state index is 13.0. The number of carbonyl (C=O) groups excluding carboxylic acids is 1. The smallest absolute Gasteiger partial charge is 0.396 e. The molecule has 2 rings (SSSR count). The summed E-state index contributed by atoms with van der Waals surface area (Å²) in [4.78, 5) is 31.3. The summed E-state index contributed by atoms with van der Waals surface area (Å²) < 4.78 is 21.7. The van der Waals surface area contributed by atoms with Crippen LogP contribution in [0.25, 0.3) is 0 Å². The molecule has 2 heterocycles. The van der Waals surface area contributed by atoms with Crippen molar-refractivity contribution in [3.8, 4) is 0 Å². The van der Waals surface area contributed by atoms with Crippen molar-refractivity contribution in [1.29, 1.82) is 0 Å². The molecule has 0 aliphatic carbocycles. The molecule has 33 heavy (non-hydrogen) atoms. The maximum Gasteiger partial charge on any atom is 0.470 e. The molecule has 0 spiro atoms. The fourth-order valence-corrected chi connectivity index (χ4v) is 5.91. The molecule has 0 aromatic carbocycles. The first-order chi connectivity index (χ1) is 15.5. The third kappa shape index (κ3) is 8.57. The van der Waals surface area contributed by atoms with Crippen molar-refractivity contribution in [3.63, 3.8) is 0 Å². The summed E-state index contributed by atoms with van der Waals surface area (Å²) in [6.07, 6.45) is -0.306. The van der Waals surface area contributed by atoms with E-state index in [1.165, 1.54) is 0 Å². The largest absolute Gasteiger partial charge is 0.470 e. The zero-order chi connectivity index (χ0) is 24.8. The highest BCUT2D eigenvalue weighted by atomic mass is 35.5. The standard InChI is InChI=1S/C19H36ClN2O9PS/c1-10(20)13(22-18(26)12-6-5-11(4-3-9-23)7-8-21-12)16-14(24)15(25)17(19(30-16)33-2)31-32(27,28)29/h10-17,19,21,23-25H,3-9H2,1-2H3,(H,22,26)(H2,27,28,29). The summed E-state index contributed by atoms with van der Waals surface area (Å²) in [5.74, 6) is 0.118. The summed E-state index contributed by atoms with van der Waals surface area (Å²) in [5.41, 5.74) is -1.01. The Balaban J connectivity index is 2.08. The summed E-state index contributed by atoms with van der Waals surface area (Å²) in [7, 11) is -4.95. The lowest BCUT2D eigenvalue weighted by Gasteiger charge is -2.45. The van der Waals surface area contributed by atoms with Crippen molar-refractivity contribution in [2.75, 3.05) is 19.4 Å². The van der Waals surface area contributed by atoms with Gasteiger partial charge in [0.15, 0.2) is 0 Å². The summed E-state index contributed by atoms with van der Waals surface area (Å²) in [6, 6.07) is -1.35. The van der Waals surface area contributed by atoms with Gasteiger partial charge in [0.05, 0.1) is 17.5 Å². The molecule has 0 saturated carbocycles. The van der Waals surface area contributed by atoms with Crippen molar-refractivity contribution in [2.45, 2.75) is 86.3 Å². The van der Waals surface area contributed by atoms with Crippen LogP contribution in [0.4, 0.5) is 0 Å². The fourth-order valence-electron chi connectivity index (χ4n) is 4.35. The predicted octanol–water partition coefficient (Wildman–Crippen LogP) is -0.0831. The highest BCUT2D eigenvalue weighted by Crippen LogP contribution is 2.43. The van der Waals surface area contributed by atoms with Crippen molar-refractivity contribution in [1.82, 2.24) is 10.6 Å². The molecule has 2 fully saturated rings. The van der Waals surface area contributed by atoms with Crippen LogP contribution in [0.5, 0.6) is 0 Å². The number of aliphatic hydroxyl groups is 3. The van der Waals surface area contributed by atoms with Gasteiger partial charge in [-0.25, -0.2) is 4.57 Å². The third-order valence-electron chi connectivity index (χ3n) is 6.13. The van der Waals surface area contributed by atoms with E-state index in [-0.39, 0.29) is 12.5 Å². The van der Waals surface area contributed by atoms with E-state index in [1.807, 2.05) is 0 Å². The molecule has 2 aliphatic heterocycles. The van der Waals surface area contributed by atoms with Gasteiger partial charge in [-0.05, 0) is 57.7 Å². The summed E-state index contributed by atoms with van der Waals surface area (Å²) in [6.45, 7) is 2.43. The van der Waals surface area contributed by atoms with Crippen molar-refractivity contribution in [2.24, 2.45) is 5.92 Å². The SMILES string of the molecule is CSC1OC(C(NC(=O)C2CCC(CCCO)CCN2)C(C)Cl)C(O)C(O)C1OP(=O)(O)O. The van der Waals surface area contributed by atoms with Crippen molar-refractivity contribution < 1.29 is 43.7 Å².